The second-order valence-corrected chi connectivity index (χ2v) is 5.99. The van der Waals surface area contributed by atoms with Gasteiger partial charge in [0.2, 0.25) is 0 Å². The zero-order valence-corrected chi connectivity index (χ0v) is 12.9. The molecule has 1 aromatic heterocycles. The molecule has 2 aliphatic rings. The second-order valence-electron chi connectivity index (χ2n) is 5.99. The predicted octanol–water partition coefficient (Wildman–Crippen LogP) is -0.108. The molecule has 0 unspecified atom stereocenters. The Morgan fingerprint density at radius 1 is 1.27 bits per heavy atom. The first-order chi connectivity index (χ1) is 10.7. The molecule has 7 nitrogen and oxygen atoms in total. The van der Waals surface area contributed by atoms with Crippen molar-refractivity contribution in [2.75, 3.05) is 44.7 Å². The van der Waals surface area contributed by atoms with Crippen LogP contribution in [0.25, 0.3) is 0 Å². The molecule has 1 atom stereocenters. The molecule has 1 aromatic rings. The molecule has 3 heterocycles. The van der Waals surface area contributed by atoms with Gasteiger partial charge >= 0.3 is 0 Å². The summed E-state index contributed by atoms with van der Waals surface area (Å²) in [6, 6.07) is 0.266. The number of morpholine rings is 1. The quantitative estimate of drug-likeness (QED) is 0.840. The van der Waals surface area contributed by atoms with Crippen molar-refractivity contribution in [2.24, 2.45) is 0 Å². The van der Waals surface area contributed by atoms with Crippen molar-refractivity contribution in [1.82, 2.24) is 20.2 Å². The smallest absolute Gasteiger partial charge is 0.251 e. The molecule has 0 aromatic carbocycles. The first-order valence-corrected chi connectivity index (χ1v) is 7.83. The molecular formula is C15H23N5O2. The van der Waals surface area contributed by atoms with Crippen LogP contribution in [0.1, 0.15) is 12.8 Å². The summed E-state index contributed by atoms with van der Waals surface area (Å²) < 4.78 is 5.65. The number of nitrogens with zero attached hydrogens (tertiary/aromatic N) is 4. The number of piperidine rings is 1. The first-order valence-electron chi connectivity index (χ1n) is 7.83. The Hall–Kier alpha value is -1.73. The van der Waals surface area contributed by atoms with Crippen molar-refractivity contribution >= 4 is 11.6 Å². The number of hydrogen-bond acceptors (Lipinski definition) is 6. The highest BCUT2D eigenvalue weighted by atomic mass is 16.5. The van der Waals surface area contributed by atoms with Crippen molar-refractivity contribution in [1.29, 1.82) is 0 Å². The van der Waals surface area contributed by atoms with Crippen LogP contribution in [-0.2, 0) is 9.53 Å². The average molecular weight is 305 g/mol. The van der Waals surface area contributed by atoms with Crippen molar-refractivity contribution in [3.63, 3.8) is 0 Å². The summed E-state index contributed by atoms with van der Waals surface area (Å²) in [6.07, 6.45) is 6.63. The molecule has 2 saturated heterocycles. The van der Waals surface area contributed by atoms with E-state index in [0.717, 1.165) is 38.2 Å². The minimum Gasteiger partial charge on any atom is -0.365 e. The lowest BCUT2D eigenvalue weighted by Gasteiger charge is -2.35. The number of amides is 1. The van der Waals surface area contributed by atoms with Gasteiger partial charge in [-0.25, -0.2) is 9.97 Å². The average Bonchev–Trinajstić information content (AvgIpc) is 2.58. The molecule has 0 saturated carbocycles. The van der Waals surface area contributed by atoms with E-state index in [1.807, 2.05) is 0 Å². The van der Waals surface area contributed by atoms with E-state index in [0.29, 0.717) is 13.2 Å². The van der Waals surface area contributed by atoms with Crippen molar-refractivity contribution in [3.05, 3.63) is 18.7 Å². The van der Waals surface area contributed by atoms with E-state index in [2.05, 4.69) is 32.1 Å². The zero-order chi connectivity index (χ0) is 15.4. The molecule has 0 spiro atoms. The van der Waals surface area contributed by atoms with Crippen molar-refractivity contribution in [2.45, 2.75) is 25.0 Å². The summed E-state index contributed by atoms with van der Waals surface area (Å²) in [5.74, 6) is -0.00361. The summed E-state index contributed by atoms with van der Waals surface area (Å²) in [5.41, 5.74) is 0.933. The van der Waals surface area contributed by atoms with Crippen LogP contribution in [0.2, 0.25) is 0 Å². The topological polar surface area (TPSA) is 70.6 Å². The van der Waals surface area contributed by atoms with Gasteiger partial charge in [0.15, 0.2) is 6.10 Å². The molecule has 22 heavy (non-hydrogen) atoms. The number of likely N-dealkylation sites (tertiary alicyclic amines) is 1. The predicted molar refractivity (Wildman–Crippen MR) is 82.6 cm³/mol. The maximum Gasteiger partial charge on any atom is 0.251 e. The molecule has 2 fully saturated rings. The summed E-state index contributed by atoms with van der Waals surface area (Å²) in [7, 11) is 2.11. The molecule has 7 heteroatoms. The third-order valence-corrected chi connectivity index (χ3v) is 4.34. The van der Waals surface area contributed by atoms with Gasteiger partial charge in [0.1, 0.15) is 6.33 Å². The molecule has 0 bridgehead atoms. The Bertz CT molecular complexity index is 490. The van der Waals surface area contributed by atoms with Crippen LogP contribution in [0.3, 0.4) is 0 Å². The fraction of sp³-hybridized carbons (Fsp3) is 0.667. The molecule has 120 valence electrons. The number of hydrogen-bond donors (Lipinski definition) is 1. The zero-order valence-electron chi connectivity index (χ0n) is 12.9. The van der Waals surface area contributed by atoms with E-state index in [9.17, 15) is 4.79 Å². The lowest BCUT2D eigenvalue weighted by Crippen LogP contribution is -2.53. The van der Waals surface area contributed by atoms with E-state index in [4.69, 9.17) is 4.74 Å². The lowest BCUT2D eigenvalue weighted by atomic mass is 10.1. The third kappa shape index (κ3) is 3.72. The summed E-state index contributed by atoms with van der Waals surface area (Å²) in [4.78, 5) is 24.9. The number of aromatic nitrogens is 2. The molecular weight excluding hydrogens is 282 g/mol. The van der Waals surface area contributed by atoms with Crippen LogP contribution in [0.5, 0.6) is 0 Å². The Morgan fingerprint density at radius 2 is 2.00 bits per heavy atom. The van der Waals surface area contributed by atoms with Crippen LogP contribution >= 0.6 is 0 Å². The Balaban J connectivity index is 1.54. The van der Waals surface area contributed by atoms with Crippen molar-refractivity contribution in [3.8, 4) is 0 Å². The van der Waals surface area contributed by atoms with Gasteiger partial charge in [-0.3, -0.25) is 4.79 Å². The second kappa shape index (κ2) is 7.02. The van der Waals surface area contributed by atoms with Gasteiger partial charge in [0, 0.05) is 12.6 Å². The highest BCUT2D eigenvalue weighted by molar-refractivity contribution is 5.82. The Kier molecular flexibility index (Phi) is 4.84. The molecule has 0 aliphatic carbocycles. The summed E-state index contributed by atoms with van der Waals surface area (Å²) in [6.45, 7) is 3.91. The molecule has 1 N–H and O–H groups in total. The van der Waals surface area contributed by atoms with Gasteiger partial charge < -0.3 is 19.9 Å². The van der Waals surface area contributed by atoms with Gasteiger partial charge in [-0.2, -0.15) is 0 Å². The minimum atomic E-state index is -0.423. The molecule has 0 radical (unpaired) electrons. The number of rotatable bonds is 3. The SMILES string of the molecule is CN1CCC(NC(=O)[C@H]2CN(c3cncnc3)CCO2)CC1. The third-order valence-electron chi connectivity index (χ3n) is 4.34. The van der Waals surface area contributed by atoms with Gasteiger partial charge in [-0.15, -0.1) is 0 Å². The van der Waals surface area contributed by atoms with Crippen LogP contribution in [-0.4, -0.2) is 72.8 Å². The van der Waals surface area contributed by atoms with Crippen LogP contribution in [0, 0.1) is 0 Å². The van der Waals surface area contributed by atoms with E-state index >= 15 is 0 Å². The maximum absolute atomic E-state index is 12.4. The van der Waals surface area contributed by atoms with E-state index in [1.165, 1.54) is 6.33 Å². The molecule has 1 amide bonds. The maximum atomic E-state index is 12.4. The lowest BCUT2D eigenvalue weighted by molar-refractivity contribution is -0.134. The van der Waals surface area contributed by atoms with Gasteiger partial charge in [0.05, 0.1) is 31.2 Å². The number of anilines is 1. The standard InChI is InChI=1S/C15H23N5O2/c1-19-4-2-12(3-5-19)18-15(21)14-10-20(6-7-22-14)13-8-16-11-17-9-13/h8-9,11-12,14H,2-7,10H2,1H3,(H,18,21)/t14-/m1/s1. The Morgan fingerprint density at radius 3 is 2.73 bits per heavy atom. The number of nitrogens with one attached hydrogen (secondary N) is 1. The van der Waals surface area contributed by atoms with Gasteiger partial charge in [0.25, 0.3) is 5.91 Å². The highest BCUT2D eigenvalue weighted by Gasteiger charge is 2.29. The number of carbonyl (C=O) groups is 1. The normalized spacial score (nSPS) is 24.2. The number of ether oxygens (including phenoxy) is 1. The number of carbonyl (C=O) groups excluding carboxylic acids is 1. The van der Waals surface area contributed by atoms with Gasteiger partial charge in [-0.05, 0) is 33.0 Å². The summed E-state index contributed by atoms with van der Waals surface area (Å²) in [5, 5.41) is 3.13. The largest absolute Gasteiger partial charge is 0.365 e. The van der Waals surface area contributed by atoms with Crippen LogP contribution in [0.4, 0.5) is 5.69 Å². The van der Waals surface area contributed by atoms with Crippen LogP contribution < -0.4 is 10.2 Å². The monoisotopic (exact) mass is 305 g/mol. The van der Waals surface area contributed by atoms with E-state index in [1.54, 1.807) is 12.4 Å². The molecule has 2 aliphatic heterocycles. The Labute approximate surface area is 130 Å². The highest BCUT2D eigenvalue weighted by Crippen LogP contribution is 2.16. The van der Waals surface area contributed by atoms with E-state index < -0.39 is 6.10 Å². The fourth-order valence-electron chi connectivity index (χ4n) is 2.94. The van der Waals surface area contributed by atoms with Crippen LogP contribution in [0.15, 0.2) is 18.7 Å². The minimum absolute atomic E-state index is 0.00361. The summed E-state index contributed by atoms with van der Waals surface area (Å²) >= 11 is 0. The van der Waals surface area contributed by atoms with Crippen molar-refractivity contribution < 1.29 is 9.53 Å². The fourth-order valence-corrected chi connectivity index (χ4v) is 2.94. The van der Waals surface area contributed by atoms with Gasteiger partial charge in [-0.1, -0.05) is 0 Å². The van der Waals surface area contributed by atoms with E-state index in [-0.39, 0.29) is 11.9 Å². The molecule has 3 rings (SSSR count). The first kappa shape index (κ1) is 15.2.